The van der Waals surface area contributed by atoms with Gasteiger partial charge in [0.15, 0.2) is 0 Å². The highest BCUT2D eigenvalue weighted by Crippen LogP contribution is 2.23. The molecule has 0 saturated carbocycles. The third-order valence-electron chi connectivity index (χ3n) is 3.22. The fourth-order valence-corrected chi connectivity index (χ4v) is 2.12. The molecule has 1 amide bonds. The van der Waals surface area contributed by atoms with Crippen LogP contribution in [0.4, 0.5) is 14.5 Å². The molecule has 5 heteroatoms. The van der Waals surface area contributed by atoms with Gasteiger partial charge in [0.05, 0.1) is 0 Å². The molecule has 0 aromatic heterocycles. The van der Waals surface area contributed by atoms with Gasteiger partial charge in [-0.3, -0.25) is 4.79 Å². The maximum atomic E-state index is 13.2. The molecule has 0 aliphatic heterocycles. The zero-order valence-corrected chi connectivity index (χ0v) is 12.5. The first kappa shape index (κ1) is 15.7. The Bertz CT molecular complexity index is 829. The van der Waals surface area contributed by atoms with E-state index in [1.165, 1.54) is 0 Å². The van der Waals surface area contributed by atoms with Gasteiger partial charge in [-0.25, -0.2) is 8.78 Å². The summed E-state index contributed by atoms with van der Waals surface area (Å²) in [5.41, 5.74) is 0.405. The molecule has 3 aromatic carbocycles. The summed E-state index contributed by atoms with van der Waals surface area (Å²) in [6.07, 6.45) is 0. The predicted octanol–water partition coefficient (Wildman–Crippen LogP) is 5.01. The Morgan fingerprint density at radius 2 is 1.38 bits per heavy atom. The molecule has 0 radical (unpaired) electrons. The monoisotopic (exact) mass is 325 g/mol. The maximum absolute atomic E-state index is 13.2. The average Bonchev–Trinajstić information content (AvgIpc) is 2.57. The van der Waals surface area contributed by atoms with Crippen LogP contribution in [0.15, 0.2) is 72.8 Å². The van der Waals surface area contributed by atoms with Crippen LogP contribution in [0, 0.1) is 11.6 Å². The Kier molecular flexibility index (Phi) is 4.52. The minimum absolute atomic E-state index is 0.0860. The van der Waals surface area contributed by atoms with Crippen molar-refractivity contribution in [2.45, 2.75) is 0 Å². The number of hydrogen-bond acceptors (Lipinski definition) is 2. The highest BCUT2D eigenvalue weighted by molar-refractivity contribution is 6.04. The van der Waals surface area contributed by atoms with Gasteiger partial charge in [-0.05, 0) is 48.5 Å². The van der Waals surface area contributed by atoms with E-state index in [1.807, 2.05) is 30.3 Å². The minimum atomic E-state index is -0.799. The molecule has 0 atom stereocenters. The normalized spacial score (nSPS) is 10.2. The second-order valence-corrected chi connectivity index (χ2v) is 5.05. The van der Waals surface area contributed by atoms with Crippen molar-refractivity contribution < 1.29 is 18.3 Å². The molecule has 0 saturated heterocycles. The Balaban J connectivity index is 1.68. The maximum Gasteiger partial charge on any atom is 0.255 e. The molecule has 3 nitrogen and oxygen atoms in total. The van der Waals surface area contributed by atoms with E-state index in [-0.39, 0.29) is 5.56 Å². The SMILES string of the molecule is O=C(Nc1ccc(Oc2ccccc2)cc1)c1cc(F)cc(F)c1. The Labute approximate surface area is 137 Å². The number of para-hydroxylation sites is 1. The number of nitrogens with one attached hydrogen (secondary N) is 1. The summed E-state index contributed by atoms with van der Waals surface area (Å²) < 4.78 is 31.9. The number of ether oxygens (including phenoxy) is 1. The first-order chi connectivity index (χ1) is 11.6. The number of hydrogen-bond donors (Lipinski definition) is 1. The fraction of sp³-hybridized carbons (Fsp3) is 0. The molecule has 0 aliphatic rings. The van der Waals surface area contributed by atoms with Crippen LogP contribution in [0.25, 0.3) is 0 Å². The minimum Gasteiger partial charge on any atom is -0.457 e. The Morgan fingerprint density at radius 1 is 0.792 bits per heavy atom. The standard InChI is InChI=1S/C19H13F2NO2/c20-14-10-13(11-15(21)12-14)19(23)22-16-6-8-18(9-7-16)24-17-4-2-1-3-5-17/h1-12H,(H,22,23). The molecule has 120 valence electrons. The van der Waals surface area contributed by atoms with Crippen molar-refractivity contribution in [2.75, 3.05) is 5.32 Å². The third-order valence-corrected chi connectivity index (χ3v) is 3.22. The number of anilines is 1. The van der Waals surface area contributed by atoms with Crippen LogP contribution < -0.4 is 10.1 Å². The van der Waals surface area contributed by atoms with Crippen LogP contribution in [-0.2, 0) is 0 Å². The molecule has 3 rings (SSSR count). The van der Waals surface area contributed by atoms with Crippen LogP contribution in [-0.4, -0.2) is 5.91 Å². The lowest BCUT2D eigenvalue weighted by Gasteiger charge is -2.08. The molecule has 0 bridgehead atoms. The first-order valence-electron chi connectivity index (χ1n) is 7.20. The van der Waals surface area contributed by atoms with E-state index in [0.717, 1.165) is 12.1 Å². The molecule has 0 aliphatic carbocycles. The summed E-state index contributed by atoms with van der Waals surface area (Å²) in [4.78, 5) is 12.0. The van der Waals surface area contributed by atoms with Gasteiger partial charge < -0.3 is 10.1 Å². The van der Waals surface area contributed by atoms with Crippen molar-refractivity contribution in [3.63, 3.8) is 0 Å². The van der Waals surface area contributed by atoms with Crippen LogP contribution in [0.2, 0.25) is 0 Å². The highest BCUT2D eigenvalue weighted by atomic mass is 19.1. The lowest BCUT2D eigenvalue weighted by molar-refractivity contribution is 0.102. The van der Waals surface area contributed by atoms with Gasteiger partial charge in [-0.2, -0.15) is 0 Å². The second-order valence-electron chi connectivity index (χ2n) is 5.05. The number of carbonyl (C=O) groups excluding carboxylic acids is 1. The van der Waals surface area contributed by atoms with E-state index < -0.39 is 17.5 Å². The molecule has 24 heavy (non-hydrogen) atoms. The van der Waals surface area contributed by atoms with Gasteiger partial charge >= 0.3 is 0 Å². The van der Waals surface area contributed by atoms with Crippen LogP contribution >= 0.6 is 0 Å². The first-order valence-corrected chi connectivity index (χ1v) is 7.20. The Morgan fingerprint density at radius 3 is 2.00 bits per heavy atom. The number of benzene rings is 3. The molecule has 0 unspecified atom stereocenters. The summed E-state index contributed by atoms with van der Waals surface area (Å²) in [6, 6.07) is 18.6. The number of carbonyl (C=O) groups is 1. The van der Waals surface area contributed by atoms with Crippen LogP contribution in [0.5, 0.6) is 11.5 Å². The van der Waals surface area contributed by atoms with Crippen molar-refractivity contribution >= 4 is 11.6 Å². The van der Waals surface area contributed by atoms with Gasteiger partial charge in [-0.1, -0.05) is 18.2 Å². The van der Waals surface area contributed by atoms with E-state index in [9.17, 15) is 13.6 Å². The lowest BCUT2D eigenvalue weighted by Crippen LogP contribution is -2.12. The van der Waals surface area contributed by atoms with Gasteiger partial charge in [-0.15, -0.1) is 0 Å². The zero-order chi connectivity index (χ0) is 16.9. The molecule has 0 fully saturated rings. The van der Waals surface area contributed by atoms with E-state index in [2.05, 4.69) is 5.32 Å². The van der Waals surface area contributed by atoms with E-state index in [0.29, 0.717) is 23.3 Å². The Hall–Kier alpha value is -3.21. The van der Waals surface area contributed by atoms with Gasteiger partial charge in [0.2, 0.25) is 0 Å². The number of halogens is 2. The van der Waals surface area contributed by atoms with Crippen molar-refractivity contribution in [1.82, 2.24) is 0 Å². The average molecular weight is 325 g/mol. The summed E-state index contributed by atoms with van der Waals surface area (Å²) in [6.45, 7) is 0. The molecule has 3 aromatic rings. The van der Waals surface area contributed by atoms with Gasteiger partial charge in [0.1, 0.15) is 23.1 Å². The molecule has 0 heterocycles. The van der Waals surface area contributed by atoms with Gasteiger partial charge in [0.25, 0.3) is 5.91 Å². The number of amides is 1. The topological polar surface area (TPSA) is 38.3 Å². The quantitative estimate of drug-likeness (QED) is 0.732. The molecule has 1 N–H and O–H groups in total. The lowest BCUT2D eigenvalue weighted by atomic mass is 10.2. The predicted molar refractivity (Wildman–Crippen MR) is 87.3 cm³/mol. The van der Waals surface area contributed by atoms with E-state index >= 15 is 0 Å². The van der Waals surface area contributed by atoms with Crippen LogP contribution in [0.1, 0.15) is 10.4 Å². The smallest absolute Gasteiger partial charge is 0.255 e. The third kappa shape index (κ3) is 3.95. The summed E-state index contributed by atoms with van der Waals surface area (Å²) >= 11 is 0. The highest BCUT2D eigenvalue weighted by Gasteiger charge is 2.09. The number of rotatable bonds is 4. The molecule has 0 spiro atoms. The summed E-state index contributed by atoms with van der Waals surface area (Å²) in [7, 11) is 0. The van der Waals surface area contributed by atoms with Crippen molar-refractivity contribution in [2.24, 2.45) is 0 Å². The summed E-state index contributed by atoms with van der Waals surface area (Å²) in [5.74, 6) is -0.885. The van der Waals surface area contributed by atoms with Crippen molar-refractivity contribution in [3.05, 3.63) is 90.0 Å². The van der Waals surface area contributed by atoms with Gasteiger partial charge in [0, 0.05) is 17.3 Å². The largest absolute Gasteiger partial charge is 0.457 e. The van der Waals surface area contributed by atoms with E-state index in [1.54, 1.807) is 24.3 Å². The fourth-order valence-electron chi connectivity index (χ4n) is 2.12. The zero-order valence-electron chi connectivity index (χ0n) is 12.5. The summed E-state index contributed by atoms with van der Waals surface area (Å²) in [5, 5.41) is 2.58. The van der Waals surface area contributed by atoms with Crippen molar-refractivity contribution in [1.29, 1.82) is 0 Å². The van der Waals surface area contributed by atoms with E-state index in [4.69, 9.17) is 4.74 Å². The van der Waals surface area contributed by atoms with Crippen LogP contribution in [0.3, 0.4) is 0 Å². The van der Waals surface area contributed by atoms with Crippen molar-refractivity contribution in [3.8, 4) is 11.5 Å². The second kappa shape index (κ2) is 6.91. The molecular weight excluding hydrogens is 312 g/mol. The molecular formula is C19H13F2NO2.